The molecule has 0 saturated carbocycles. The number of esters is 1. The van der Waals surface area contributed by atoms with E-state index in [9.17, 15) is 4.79 Å². The molecule has 112 valence electrons. The number of allylic oxidation sites excluding steroid dienone is 1. The molecule has 0 aliphatic heterocycles. The quantitative estimate of drug-likeness (QED) is 0.351. The van der Waals surface area contributed by atoms with Crippen molar-refractivity contribution in [2.75, 3.05) is 7.11 Å². The van der Waals surface area contributed by atoms with Gasteiger partial charge in [0.15, 0.2) is 0 Å². The summed E-state index contributed by atoms with van der Waals surface area (Å²) in [5.74, 6) is -0.322. The lowest BCUT2D eigenvalue weighted by Gasteiger charge is -2.10. The highest BCUT2D eigenvalue weighted by molar-refractivity contribution is 5.75. The van der Waals surface area contributed by atoms with Crippen molar-refractivity contribution in [2.24, 2.45) is 5.73 Å². The van der Waals surface area contributed by atoms with Crippen molar-refractivity contribution in [3.8, 4) is 0 Å². The predicted octanol–water partition coefficient (Wildman–Crippen LogP) is 3.96. The monoisotopic (exact) mass is 269 g/mol. The van der Waals surface area contributed by atoms with Crippen LogP contribution in [0, 0.1) is 0 Å². The molecule has 2 N–H and O–H groups in total. The van der Waals surface area contributed by atoms with Crippen LogP contribution in [0.25, 0.3) is 0 Å². The van der Waals surface area contributed by atoms with Crippen LogP contribution in [0.1, 0.15) is 71.6 Å². The summed E-state index contributed by atoms with van der Waals surface area (Å²) in [5.41, 5.74) is 7.23. The van der Waals surface area contributed by atoms with Gasteiger partial charge in [-0.1, -0.05) is 51.2 Å². The largest absolute Gasteiger partial charge is 0.468 e. The molecule has 0 bridgehead atoms. The number of rotatable bonds is 11. The first-order chi connectivity index (χ1) is 9.15. The Morgan fingerprint density at radius 1 is 1.11 bits per heavy atom. The van der Waals surface area contributed by atoms with Gasteiger partial charge in [-0.2, -0.15) is 0 Å². The molecule has 1 atom stereocenters. The molecule has 0 heterocycles. The molecular weight excluding hydrogens is 238 g/mol. The number of unbranched alkanes of at least 4 members (excludes halogenated alkanes) is 4. The van der Waals surface area contributed by atoms with E-state index in [1.165, 1.54) is 51.2 Å². The highest BCUT2D eigenvalue weighted by Gasteiger charge is 2.11. The Kier molecular flexibility index (Phi) is 11.7. The number of carbonyl (C=O) groups is 1. The number of methoxy groups -OCH3 is 1. The second-order valence-corrected chi connectivity index (χ2v) is 5.14. The minimum atomic E-state index is -0.516. The molecule has 0 radical (unpaired) electrons. The van der Waals surface area contributed by atoms with E-state index < -0.39 is 6.04 Å². The van der Waals surface area contributed by atoms with E-state index in [-0.39, 0.29) is 5.97 Å². The summed E-state index contributed by atoms with van der Waals surface area (Å²) in [4.78, 5) is 11.3. The van der Waals surface area contributed by atoms with Gasteiger partial charge in [0.25, 0.3) is 0 Å². The second-order valence-electron chi connectivity index (χ2n) is 5.14. The van der Waals surface area contributed by atoms with Crippen LogP contribution in [0.3, 0.4) is 0 Å². The maximum atomic E-state index is 11.3. The fourth-order valence-electron chi connectivity index (χ4n) is 2.07. The summed E-state index contributed by atoms with van der Waals surface area (Å²) in [6, 6.07) is -0.516. The Bertz CT molecular complexity index is 249. The summed E-state index contributed by atoms with van der Waals surface area (Å²) in [6.45, 7) is 4.43. The summed E-state index contributed by atoms with van der Waals surface area (Å²) in [5, 5.41) is 0. The minimum absolute atomic E-state index is 0.322. The number of hydrogen-bond acceptors (Lipinski definition) is 3. The Hall–Kier alpha value is -0.830. The standard InChI is InChI=1S/C16H31NO2/c1-4-6-8-10-14(11-9-7-5-2)12-13-15(17)16(18)19-3/h12,15H,4-11,13,17H2,1-3H3. The van der Waals surface area contributed by atoms with Crippen LogP contribution >= 0.6 is 0 Å². The van der Waals surface area contributed by atoms with Crippen molar-refractivity contribution in [3.05, 3.63) is 11.6 Å². The van der Waals surface area contributed by atoms with Gasteiger partial charge in [-0.15, -0.1) is 0 Å². The first kappa shape index (κ1) is 18.2. The minimum Gasteiger partial charge on any atom is -0.468 e. The molecule has 0 amide bonds. The van der Waals surface area contributed by atoms with Crippen LogP contribution in [0.15, 0.2) is 11.6 Å². The van der Waals surface area contributed by atoms with E-state index in [1.54, 1.807) is 0 Å². The van der Waals surface area contributed by atoms with Crippen molar-refractivity contribution in [3.63, 3.8) is 0 Å². The highest BCUT2D eigenvalue weighted by atomic mass is 16.5. The predicted molar refractivity (Wildman–Crippen MR) is 81.0 cm³/mol. The van der Waals surface area contributed by atoms with E-state index in [4.69, 9.17) is 5.73 Å². The Labute approximate surface area is 118 Å². The topological polar surface area (TPSA) is 52.3 Å². The maximum absolute atomic E-state index is 11.3. The average molecular weight is 269 g/mol. The van der Waals surface area contributed by atoms with Crippen LogP contribution in [0.2, 0.25) is 0 Å². The smallest absolute Gasteiger partial charge is 0.322 e. The van der Waals surface area contributed by atoms with Crippen LogP contribution in [-0.4, -0.2) is 19.1 Å². The molecule has 0 aliphatic carbocycles. The van der Waals surface area contributed by atoms with Gasteiger partial charge >= 0.3 is 5.97 Å². The molecule has 0 rings (SSSR count). The van der Waals surface area contributed by atoms with Gasteiger partial charge in [0.05, 0.1) is 7.11 Å². The Balaban J connectivity index is 4.23. The molecule has 3 nitrogen and oxygen atoms in total. The van der Waals surface area contributed by atoms with E-state index in [2.05, 4.69) is 24.7 Å². The normalized spacial score (nSPS) is 12.0. The third-order valence-corrected chi connectivity index (χ3v) is 3.37. The number of nitrogens with two attached hydrogens (primary N) is 1. The third kappa shape index (κ3) is 9.71. The SMILES string of the molecule is CCCCCC(=CCC(N)C(=O)OC)CCCCC. The van der Waals surface area contributed by atoms with Gasteiger partial charge in [-0.05, 0) is 32.1 Å². The first-order valence-corrected chi connectivity index (χ1v) is 7.66. The van der Waals surface area contributed by atoms with Crippen LogP contribution < -0.4 is 5.73 Å². The van der Waals surface area contributed by atoms with Crippen molar-refractivity contribution in [1.29, 1.82) is 0 Å². The van der Waals surface area contributed by atoms with Gasteiger partial charge in [0.2, 0.25) is 0 Å². The van der Waals surface area contributed by atoms with Gasteiger partial charge < -0.3 is 10.5 Å². The van der Waals surface area contributed by atoms with E-state index in [0.29, 0.717) is 6.42 Å². The number of hydrogen-bond donors (Lipinski definition) is 1. The first-order valence-electron chi connectivity index (χ1n) is 7.66. The number of ether oxygens (including phenoxy) is 1. The lowest BCUT2D eigenvalue weighted by Crippen LogP contribution is -2.30. The second kappa shape index (κ2) is 12.2. The average Bonchev–Trinajstić information content (AvgIpc) is 2.43. The van der Waals surface area contributed by atoms with E-state index in [1.807, 2.05) is 0 Å². The number of carbonyl (C=O) groups excluding carboxylic acids is 1. The van der Waals surface area contributed by atoms with Crippen molar-refractivity contribution >= 4 is 5.97 Å². The summed E-state index contributed by atoms with van der Waals surface area (Å²) in [6.07, 6.45) is 12.5. The zero-order chi connectivity index (χ0) is 14.5. The van der Waals surface area contributed by atoms with Crippen LogP contribution in [0.4, 0.5) is 0 Å². The van der Waals surface area contributed by atoms with Crippen molar-refractivity contribution in [2.45, 2.75) is 77.7 Å². The van der Waals surface area contributed by atoms with Gasteiger partial charge in [0.1, 0.15) is 6.04 Å². The molecule has 0 spiro atoms. The summed E-state index contributed by atoms with van der Waals surface area (Å²) < 4.78 is 4.65. The third-order valence-electron chi connectivity index (χ3n) is 3.37. The van der Waals surface area contributed by atoms with E-state index in [0.717, 1.165) is 12.8 Å². The molecule has 19 heavy (non-hydrogen) atoms. The molecule has 0 aliphatic rings. The summed E-state index contributed by atoms with van der Waals surface area (Å²) in [7, 11) is 1.38. The Morgan fingerprint density at radius 2 is 1.63 bits per heavy atom. The highest BCUT2D eigenvalue weighted by Crippen LogP contribution is 2.17. The fourth-order valence-corrected chi connectivity index (χ4v) is 2.07. The fraction of sp³-hybridized carbons (Fsp3) is 0.812. The zero-order valence-electron chi connectivity index (χ0n) is 12.9. The van der Waals surface area contributed by atoms with Crippen molar-refractivity contribution < 1.29 is 9.53 Å². The molecule has 3 heteroatoms. The van der Waals surface area contributed by atoms with Crippen LogP contribution in [0.5, 0.6) is 0 Å². The molecule has 0 saturated heterocycles. The van der Waals surface area contributed by atoms with Gasteiger partial charge in [-0.3, -0.25) is 4.79 Å². The maximum Gasteiger partial charge on any atom is 0.322 e. The zero-order valence-corrected chi connectivity index (χ0v) is 12.9. The van der Waals surface area contributed by atoms with Crippen LogP contribution in [-0.2, 0) is 9.53 Å². The Morgan fingerprint density at radius 3 is 2.05 bits per heavy atom. The lowest BCUT2D eigenvalue weighted by atomic mass is 9.99. The van der Waals surface area contributed by atoms with Crippen molar-refractivity contribution in [1.82, 2.24) is 0 Å². The summed E-state index contributed by atoms with van der Waals surface area (Å²) >= 11 is 0. The molecule has 0 aromatic rings. The molecule has 0 aromatic carbocycles. The molecule has 0 fully saturated rings. The molecule has 1 unspecified atom stereocenters. The van der Waals surface area contributed by atoms with Gasteiger partial charge in [0, 0.05) is 0 Å². The van der Waals surface area contributed by atoms with Gasteiger partial charge in [-0.25, -0.2) is 0 Å². The van der Waals surface area contributed by atoms with E-state index >= 15 is 0 Å². The molecular formula is C16H31NO2. The lowest BCUT2D eigenvalue weighted by molar-refractivity contribution is -0.142. The molecule has 0 aromatic heterocycles.